The molecular formula is C19H16ClFN6O2. The van der Waals surface area contributed by atoms with Crippen molar-refractivity contribution in [3.63, 3.8) is 0 Å². The zero-order chi connectivity index (χ0) is 20.5. The van der Waals surface area contributed by atoms with Crippen molar-refractivity contribution in [3.05, 3.63) is 69.5 Å². The van der Waals surface area contributed by atoms with Crippen molar-refractivity contribution in [3.8, 4) is 11.4 Å². The number of anilines is 1. The summed E-state index contributed by atoms with van der Waals surface area (Å²) < 4.78 is 20.6. The largest absolute Gasteiger partial charge is 0.494 e. The molecule has 0 radical (unpaired) electrons. The number of ether oxygens (including phenoxy) is 1. The number of benzene rings is 2. The number of halogens is 2. The molecular weight excluding hydrogens is 399 g/mol. The van der Waals surface area contributed by atoms with Crippen molar-refractivity contribution in [2.75, 3.05) is 12.4 Å². The standard InChI is InChI=1S/C19H16ClFN6O2/c1-10(13-5-11-6-14(20)15(21)8-16(11)24-19(13)28)23-12-3-4-17(18(7-12)29-2)27-9-22-25-26-27/h3-10,23H,1-2H3,(H,24,28). The first kappa shape index (κ1) is 18.9. The molecule has 0 bridgehead atoms. The first-order valence-corrected chi connectivity index (χ1v) is 9.04. The molecule has 8 nitrogen and oxygen atoms in total. The molecule has 10 heteroatoms. The molecule has 0 aliphatic rings. The summed E-state index contributed by atoms with van der Waals surface area (Å²) in [6.07, 6.45) is 1.47. The Labute approximate surface area is 169 Å². The van der Waals surface area contributed by atoms with Gasteiger partial charge in [-0.15, -0.1) is 5.10 Å². The molecule has 0 aliphatic carbocycles. The maximum atomic E-state index is 13.6. The number of rotatable bonds is 5. The third-order valence-corrected chi connectivity index (χ3v) is 4.83. The number of tetrazole rings is 1. The van der Waals surface area contributed by atoms with Gasteiger partial charge in [0.1, 0.15) is 23.6 Å². The second kappa shape index (κ2) is 7.51. The van der Waals surface area contributed by atoms with Gasteiger partial charge in [-0.1, -0.05) is 11.6 Å². The summed E-state index contributed by atoms with van der Waals surface area (Å²) in [5.74, 6) is -0.0207. The van der Waals surface area contributed by atoms with Crippen LogP contribution in [0.3, 0.4) is 0 Å². The topological polar surface area (TPSA) is 97.7 Å². The van der Waals surface area contributed by atoms with Crippen LogP contribution in [0.4, 0.5) is 10.1 Å². The molecule has 2 heterocycles. The van der Waals surface area contributed by atoms with Gasteiger partial charge in [-0.2, -0.15) is 4.68 Å². The fourth-order valence-electron chi connectivity index (χ4n) is 3.10. The lowest BCUT2D eigenvalue weighted by Gasteiger charge is -2.17. The van der Waals surface area contributed by atoms with Gasteiger partial charge < -0.3 is 15.0 Å². The van der Waals surface area contributed by atoms with Crippen LogP contribution in [0, 0.1) is 5.82 Å². The second-order valence-electron chi connectivity index (χ2n) is 6.41. The number of methoxy groups -OCH3 is 1. The summed E-state index contributed by atoms with van der Waals surface area (Å²) in [4.78, 5) is 15.2. The number of pyridine rings is 1. The van der Waals surface area contributed by atoms with Gasteiger partial charge in [-0.3, -0.25) is 4.79 Å². The summed E-state index contributed by atoms with van der Waals surface area (Å²) >= 11 is 5.87. The van der Waals surface area contributed by atoms with E-state index in [1.165, 1.54) is 23.1 Å². The fraction of sp³-hybridized carbons (Fsp3) is 0.158. The number of hydrogen-bond donors (Lipinski definition) is 2. The fourth-order valence-corrected chi connectivity index (χ4v) is 3.27. The van der Waals surface area contributed by atoms with Crippen LogP contribution in [0.2, 0.25) is 5.02 Å². The molecule has 0 saturated heterocycles. The van der Waals surface area contributed by atoms with Gasteiger partial charge in [0.05, 0.1) is 23.7 Å². The third kappa shape index (κ3) is 3.64. The smallest absolute Gasteiger partial charge is 0.253 e. The molecule has 4 aromatic rings. The Morgan fingerprint density at radius 1 is 1.28 bits per heavy atom. The highest BCUT2D eigenvalue weighted by molar-refractivity contribution is 6.31. The predicted octanol–water partition coefficient (Wildman–Crippen LogP) is 3.48. The zero-order valence-electron chi connectivity index (χ0n) is 15.5. The van der Waals surface area contributed by atoms with Crippen LogP contribution in [-0.2, 0) is 0 Å². The van der Waals surface area contributed by atoms with Crippen LogP contribution in [0.25, 0.3) is 16.6 Å². The van der Waals surface area contributed by atoms with Crippen LogP contribution in [0.1, 0.15) is 18.5 Å². The van der Waals surface area contributed by atoms with E-state index in [0.29, 0.717) is 27.9 Å². The Balaban J connectivity index is 1.65. The quantitative estimate of drug-likeness (QED) is 0.519. The summed E-state index contributed by atoms with van der Waals surface area (Å²) in [5.41, 5.74) is 1.99. The molecule has 0 amide bonds. The monoisotopic (exact) mass is 414 g/mol. The van der Waals surface area contributed by atoms with E-state index in [1.807, 2.05) is 13.0 Å². The van der Waals surface area contributed by atoms with Crippen LogP contribution < -0.4 is 15.6 Å². The third-order valence-electron chi connectivity index (χ3n) is 4.54. The van der Waals surface area contributed by atoms with E-state index in [1.54, 1.807) is 25.3 Å². The minimum atomic E-state index is -0.580. The lowest BCUT2D eigenvalue weighted by molar-refractivity contribution is 0.411. The van der Waals surface area contributed by atoms with Crippen molar-refractivity contribution in [1.29, 1.82) is 0 Å². The van der Waals surface area contributed by atoms with Gasteiger partial charge in [0.25, 0.3) is 5.56 Å². The summed E-state index contributed by atoms with van der Waals surface area (Å²) in [6, 6.07) is 9.48. The van der Waals surface area contributed by atoms with Crippen LogP contribution in [-0.4, -0.2) is 32.3 Å². The number of aromatic amines is 1. The number of aromatic nitrogens is 5. The maximum absolute atomic E-state index is 13.6. The molecule has 2 aromatic heterocycles. The van der Waals surface area contributed by atoms with Crippen molar-refractivity contribution in [1.82, 2.24) is 25.2 Å². The molecule has 29 heavy (non-hydrogen) atoms. The minimum absolute atomic E-state index is 0.000891. The lowest BCUT2D eigenvalue weighted by atomic mass is 10.1. The van der Waals surface area contributed by atoms with Gasteiger partial charge in [-0.25, -0.2) is 4.39 Å². The Morgan fingerprint density at radius 3 is 2.83 bits per heavy atom. The average Bonchev–Trinajstić information content (AvgIpc) is 3.23. The van der Waals surface area contributed by atoms with Gasteiger partial charge in [-0.05, 0) is 47.7 Å². The predicted molar refractivity (Wildman–Crippen MR) is 107 cm³/mol. The van der Waals surface area contributed by atoms with Crippen LogP contribution >= 0.6 is 11.6 Å². The molecule has 2 N–H and O–H groups in total. The Kier molecular flexibility index (Phi) is 4.89. The number of nitrogens with zero attached hydrogens (tertiary/aromatic N) is 4. The molecule has 1 atom stereocenters. The van der Waals surface area contributed by atoms with Gasteiger partial charge in [0.15, 0.2) is 0 Å². The highest BCUT2D eigenvalue weighted by Gasteiger charge is 2.14. The average molecular weight is 415 g/mol. The normalized spacial score (nSPS) is 12.1. The van der Waals surface area contributed by atoms with E-state index >= 15 is 0 Å². The molecule has 0 aliphatic heterocycles. The van der Waals surface area contributed by atoms with Crippen molar-refractivity contribution in [2.24, 2.45) is 0 Å². The Bertz CT molecular complexity index is 1240. The van der Waals surface area contributed by atoms with E-state index in [0.717, 1.165) is 5.69 Å². The Morgan fingerprint density at radius 2 is 2.10 bits per heavy atom. The van der Waals surface area contributed by atoms with E-state index in [9.17, 15) is 9.18 Å². The summed E-state index contributed by atoms with van der Waals surface area (Å²) in [5, 5.41) is 15.0. The zero-order valence-corrected chi connectivity index (χ0v) is 16.2. The molecule has 4 rings (SSSR count). The molecule has 148 valence electrons. The summed E-state index contributed by atoms with van der Waals surface area (Å²) in [7, 11) is 1.55. The van der Waals surface area contributed by atoms with Gasteiger partial charge in [0, 0.05) is 22.7 Å². The molecule has 0 saturated carbocycles. The van der Waals surface area contributed by atoms with Gasteiger partial charge in [0.2, 0.25) is 0 Å². The first-order valence-electron chi connectivity index (χ1n) is 8.66. The number of hydrogen-bond acceptors (Lipinski definition) is 6. The maximum Gasteiger partial charge on any atom is 0.253 e. The number of H-pyrrole nitrogens is 1. The highest BCUT2D eigenvalue weighted by atomic mass is 35.5. The van der Waals surface area contributed by atoms with E-state index in [2.05, 4.69) is 25.8 Å². The van der Waals surface area contributed by atoms with Crippen LogP contribution in [0.5, 0.6) is 5.75 Å². The Hall–Kier alpha value is -3.46. The molecule has 0 spiro atoms. The SMILES string of the molecule is COc1cc(NC(C)c2cc3cc(Cl)c(F)cc3[nH]c2=O)ccc1-n1cnnn1. The molecule has 0 fully saturated rings. The number of fused-ring (bicyclic) bond motifs is 1. The van der Waals surface area contributed by atoms with Gasteiger partial charge >= 0.3 is 0 Å². The van der Waals surface area contributed by atoms with Crippen molar-refractivity contribution in [2.45, 2.75) is 13.0 Å². The summed E-state index contributed by atoms with van der Waals surface area (Å²) in [6.45, 7) is 1.85. The van der Waals surface area contributed by atoms with Crippen LogP contribution in [0.15, 0.2) is 47.5 Å². The highest BCUT2D eigenvalue weighted by Crippen LogP contribution is 2.28. The number of nitrogens with one attached hydrogen (secondary N) is 2. The second-order valence-corrected chi connectivity index (χ2v) is 6.82. The van der Waals surface area contributed by atoms with E-state index in [-0.39, 0.29) is 16.6 Å². The molecule has 1 unspecified atom stereocenters. The molecule has 2 aromatic carbocycles. The van der Waals surface area contributed by atoms with Crippen molar-refractivity contribution >= 4 is 28.2 Å². The van der Waals surface area contributed by atoms with E-state index < -0.39 is 5.82 Å². The first-order chi connectivity index (χ1) is 14.0. The van der Waals surface area contributed by atoms with E-state index in [4.69, 9.17) is 16.3 Å². The lowest BCUT2D eigenvalue weighted by Crippen LogP contribution is -2.19. The van der Waals surface area contributed by atoms with Crippen molar-refractivity contribution < 1.29 is 9.13 Å². The minimum Gasteiger partial charge on any atom is -0.494 e.